The largest absolute Gasteiger partial charge is 0.377 e. The number of carbonyl (C=O) groups is 2. The van der Waals surface area contributed by atoms with E-state index < -0.39 is 17.0 Å². The highest BCUT2D eigenvalue weighted by Crippen LogP contribution is 2.58. The van der Waals surface area contributed by atoms with Crippen molar-refractivity contribution in [2.75, 3.05) is 13.2 Å². The van der Waals surface area contributed by atoms with Crippen LogP contribution in [0.3, 0.4) is 0 Å². The van der Waals surface area contributed by atoms with Crippen LogP contribution in [0.2, 0.25) is 0 Å². The van der Waals surface area contributed by atoms with Crippen molar-refractivity contribution in [3.05, 3.63) is 0 Å². The van der Waals surface area contributed by atoms with Crippen LogP contribution in [0.5, 0.6) is 0 Å². The van der Waals surface area contributed by atoms with E-state index in [-0.39, 0.29) is 23.8 Å². The maximum Gasteiger partial charge on any atom is 0.242 e. The third-order valence-corrected chi connectivity index (χ3v) is 5.12. The number of amides is 2. The van der Waals surface area contributed by atoms with Gasteiger partial charge in [-0.2, -0.15) is 0 Å². The Morgan fingerprint density at radius 1 is 1.43 bits per heavy atom. The molecule has 1 saturated carbocycles. The summed E-state index contributed by atoms with van der Waals surface area (Å²) in [6.07, 6.45) is 1.70. The fraction of sp³-hybridized carbons (Fsp3) is 0.867. The molecule has 4 atom stereocenters. The SMILES string of the molecule is CCCNC(=O)C(C)NC(=O)C1(N)C2CCOC2C1(C)C. The average Bonchev–Trinajstić information content (AvgIpc) is 2.91. The lowest BCUT2D eigenvalue weighted by Crippen LogP contribution is -2.80. The molecule has 0 aromatic carbocycles. The van der Waals surface area contributed by atoms with Gasteiger partial charge in [0.2, 0.25) is 11.8 Å². The average molecular weight is 297 g/mol. The summed E-state index contributed by atoms with van der Waals surface area (Å²) < 4.78 is 5.68. The third-order valence-electron chi connectivity index (χ3n) is 5.12. The zero-order valence-corrected chi connectivity index (χ0v) is 13.4. The molecule has 0 spiro atoms. The lowest BCUT2D eigenvalue weighted by Gasteiger charge is -2.60. The van der Waals surface area contributed by atoms with Gasteiger partial charge in [0.15, 0.2) is 0 Å². The maximum atomic E-state index is 12.6. The summed E-state index contributed by atoms with van der Waals surface area (Å²) in [5, 5.41) is 5.54. The highest BCUT2D eigenvalue weighted by Gasteiger charge is 2.71. The van der Waals surface area contributed by atoms with E-state index in [0.717, 1.165) is 12.8 Å². The molecule has 4 N–H and O–H groups in total. The molecule has 1 aliphatic heterocycles. The van der Waals surface area contributed by atoms with Crippen LogP contribution in [0, 0.1) is 11.3 Å². The molecule has 0 radical (unpaired) electrons. The Hall–Kier alpha value is -1.14. The van der Waals surface area contributed by atoms with Crippen molar-refractivity contribution in [2.24, 2.45) is 17.1 Å². The van der Waals surface area contributed by atoms with Crippen molar-refractivity contribution in [3.8, 4) is 0 Å². The first-order chi connectivity index (χ1) is 9.76. The van der Waals surface area contributed by atoms with E-state index in [2.05, 4.69) is 10.6 Å². The molecule has 0 bridgehead atoms. The van der Waals surface area contributed by atoms with Crippen molar-refractivity contribution >= 4 is 11.8 Å². The van der Waals surface area contributed by atoms with Crippen molar-refractivity contribution < 1.29 is 14.3 Å². The van der Waals surface area contributed by atoms with Crippen LogP contribution < -0.4 is 16.4 Å². The van der Waals surface area contributed by atoms with Crippen LogP contribution in [0.25, 0.3) is 0 Å². The predicted octanol–water partition coefficient (Wildman–Crippen LogP) is 0.160. The molecule has 2 aliphatic rings. The number of nitrogens with one attached hydrogen (secondary N) is 2. The van der Waals surface area contributed by atoms with Crippen LogP contribution in [0.4, 0.5) is 0 Å². The van der Waals surface area contributed by atoms with Crippen LogP contribution in [0.1, 0.15) is 40.5 Å². The molecule has 2 amide bonds. The Labute approximate surface area is 126 Å². The van der Waals surface area contributed by atoms with Gasteiger partial charge in [-0.15, -0.1) is 0 Å². The zero-order valence-electron chi connectivity index (χ0n) is 13.4. The van der Waals surface area contributed by atoms with Gasteiger partial charge in [-0.3, -0.25) is 9.59 Å². The van der Waals surface area contributed by atoms with Crippen molar-refractivity contribution in [1.82, 2.24) is 10.6 Å². The number of ether oxygens (including phenoxy) is 1. The van der Waals surface area contributed by atoms with Crippen LogP contribution in [-0.4, -0.2) is 42.7 Å². The van der Waals surface area contributed by atoms with E-state index >= 15 is 0 Å². The van der Waals surface area contributed by atoms with E-state index in [1.165, 1.54) is 0 Å². The minimum atomic E-state index is -0.965. The van der Waals surface area contributed by atoms with Crippen LogP contribution in [0.15, 0.2) is 0 Å². The molecular formula is C15H27N3O3. The number of fused-ring (bicyclic) bond motifs is 1. The van der Waals surface area contributed by atoms with Gasteiger partial charge in [-0.25, -0.2) is 0 Å². The molecule has 2 fully saturated rings. The summed E-state index contributed by atoms with van der Waals surface area (Å²) in [5.41, 5.74) is 5.05. The van der Waals surface area contributed by atoms with E-state index in [1.54, 1.807) is 6.92 Å². The normalized spacial score (nSPS) is 34.5. The molecule has 1 heterocycles. The molecule has 0 aromatic rings. The van der Waals surface area contributed by atoms with Crippen LogP contribution in [-0.2, 0) is 14.3 Å². The smallest absolute Gasteiger partial charge is 0.242 e. The van der Waals surface area contributed by atoms with Gasteiger partial charge in [-0.05, 0) is 19.8 Å². The molecule has 21 heavy (non-hydrogen) atoms. The standard InChI is InChI=1S/C15H27N3O3/c1-5-7-17-12(19)9(2)18-13(20)15(16)10-6-8-21-11(10)14(15,3)4/h9-11H,5-8,16H2,1-4H3,(H,17,19)(H,18,20). The highest BCUT2D eigenvalue weighted by atomic mass is 16.5. The van der Waals surface area contributed by atoms with Gasteiger partial charge >= 0.3 is 0 Å². The molecule has 0 aromatic heterocycles. The fourth-order valence-corrected chi connectivity index (χ4v) is 3.63. The maximum absolute atomic E-state index is 12.6. The lowest BCUT2D eigenvalue weighted by molar-refractivity contribution is -0.176. The molecule has 120 valence electrons. The van der Waals surface area contributed by atoms with E-state index in [0.29, 0.717) is 13.2 Å². The Bertz CT molecular complexity index is 438. The first-order valence-electron chi connectivity index (χ1n) is 7.76. The fourth-order valence-electron chi connectivity index (χ4n) is 3.63. The number of nitrogens with two attached hydrogens (primary N) is 1. The number of carbonyl (C=O) groups excluding carboxylic acids is 2. The number of rotatable bonds is 5. The Balaban J connectivity index is 2.01. The monoisotopic (exact) mass is 297 g/mol. The topological polar surface area (TPSA) is 93.5 Å². The van der Waals surface area contributed by atoms with Gasteiger partial charge in [0, 0.05) is 24.5 Å². The molecule has 6 nitrogen and oxygen atoms in total. The van der Waals surface area contributed by atoms with Gasteiger partial charge in [0.25, 0.3) is 0 Å². The first kappa shape index (κ1) is 16.2. The Kier molecular flexibility index (Phi) is 4.31. The summed E-state index contributed by atoms with van der Waals surface area (Å²) in [6.45, 7) is 8.84. The van der Waals surface area contributed by atoms with Gasteiger partial charge in [0.1, 0.15) is 11.6 Å². The Morgan fingerprint density at radius 3 is 2.71 bits per heavy atom. The summed E-state index contributed by atoms with van der Waals surface area (Å²) >= 11 is 0. The van der Waals surface area contributed by atoms with Gasteiger partial charge in [-0.1, -0.05) is 20.8 Å². The van der Waals surface area contributed by atoms with Crippen LogP contribution >= 0.6 is 0 Å². The van der Waals surface area contributed by atoms with Crippen molar-refractivity contribution in [2.45, 2.75) is 58.2 Å². The zero-order chi connectivity index (χ0) is 15.8. The number of hydrogen-bond acceptors (Lipinski definition) is 4. The summed E-state index contributed by atoms with van der Waals surface area (Å²) in [5.74, 6) is -0.387. The molecule has 6 heteroatoms. The first-order valence-corrected chi connectivity index (χ1v) is 7.76. The second-order valence-electron chi connectivity index (χ2n) is 6.76. The second-order valence-corrected chi connectivity index (χ2v) is 6.76. The molecular weight excluding hydrogens is 270 g/mol. The molecule has 1 saturated heterocycles. The highest BCUT2D eigenvalue weighted by molar-refractivity contribution is 5.93. The molecule has 2 rings (SSSR count). The summed E-state index contributed by atoms with van der Waals surface area (Å²) in [4.78, 5) is 24.5. The summed E-state index contributed by atoms with van der Waals surface area (Å²) in [7, 11) is 0. The quantitative estimate of drug-likeness (QED) is 0.674. The van der Waals surface area contributed by atoms with Crippen molar-refractivity contribution in [1.29, 1.82) is 0 Å². The van der Waals surface area contributed by atoms with Gasteiger partial charge < -0.3 is 21.1 Å². The minimum Gasteiger partial charge on any atom is -0.377 e. The van der Waals surface area contributed by atoms with E-state index in [4.69, 9.17) is 10.5 Å². The Morgan fingerprint density at radius 2 is 2.10 bits per heavy atom. The van der Waals surface area contributed by atoms with E-state index in [9.17, 15) is 9.59 Å². The predicted molar refractivity (Wildman–Crippen MR) is 79.5 cm³/mol. The third kappa shape index (κ3) is 2.34. The molecule has 1 aliphatic carbocycles. The second kappa shape index (κ2) is 5.57. The van der Waals surface area contributed by atoms with E-state index in [1.807, 2.05) is 20.8 Å². The number of hydrogen-bond donors (Lipinski definition) is 3. The van der Waals surface area contributed by atoms with Crippen molar-refractivity contribution in [3.63, 3.8) is 0 Å². The lowest BCUT2D eigenvalue weighted by atomic mass is 9.48. The molecule has 4 unspecified atom stereocenters. The van der Waals surface area contributed by atoms with Gasteiger partial charge in [0.05, 0.1) is 6.10 Å². The summed E-state index contributed by atoms with van der Waals surface area (Å²) in [6, 6.07) is -0.582. The minimum absolute atomic E-state index is 0.0393.